The molecule has 3 unspecified atom stereocenters. The van der Waals surface area contributed by atoms with Gasteiger partial charge in [-0.05, 0) is 31.7 Å². The highest BCUT2D eigenvalue weighted by Crippen LogP contribution is 2.39. The maximum atomic E-state index is 6.44. The standard InChI is InChI=1S/C14H29N3/c1-5-16-8-9-17(10-11(16)2)12-6-7-14(3,4)13(12)15/h11-13H,5-10,15H2,1-4H3. The van der Waals surface area contributed by atoms with Crippen LogP contribution in [0, 0.1) is 5.41 Å². The molecule has 1 aliphatic carbocycles. The van der Waals surface area contributed by atoms with E-state index in [9.17, 15) is 0 Å². The first-order valence-electron chi connectivity index (χ1n) is 7.19. The minimum atomic E-state index is 0.329. The molecule has 1 heterocycles. The van der Waals surface area contributed by atoms with Crippen LogP contribution in [0.1, 0.15) is 40.5 Å². The lowest BCUT2D eigenvalue weighted by atomic mass is 9.87. The van der Waals surface area contributed by atoms with Gasteiger partial charge in [0.25, 0.3) is 0 Å². The summed E-state index contributed by atoms with van der Waals surface area (Å²) in [5.41, 5.74) is 6.77. The zero-order valence-electron chi connectivity index (χ0n) is 11.9. The molecule has 0 amide bonds. The van der Waals surface area contributed by atoms with Crippen LogP contribution in [-0.4, -0.2) is 54.1 Å². The number of hydrogen-bond acceptors (Lipinski definition) is 3. The maximum Gasteiger partial charge on any atom is 0.0253 e. The third-order valence-electron chi connectivity index (χ3n) is 5.07. The number of nitrogens with two attached hydrogens (primary N) is 1. The van der Waals surface area contributed by atoms with Gasteiger partial charge in [0.15, 0.2) is 0 Å². The predicted molar refractivity (Wildman–Crippen MR) is 73.1 cm³/mol. The molecule has 1 aliphatic heterocycles. The Labute approximate surface area is 106 Å². The third kappa shape index (κ3) is 2.51. The lowest BCUT2D eigenvalue weighted by molar-refractivity contribution is 0.0509. The molecule has 2 N–H and O–H groups in total. The van der Waals surface area contributed by atoms with Crippen LogP contribution in [0.15, 0.2) is 0 Å². The van der Waals surface area contributed by atoms with Gasteiger partial charge in [0, 0.05) is 37.8 Å². The van der Waals surface area contributed by atoms with Crippen LogP contribution in [0.5, 0.6) is 0 Å². The second-order valence-electron chi connectivity index (χ2n) is 6.59. The highest BCUT2D eigenvalue weighted by molar-refractivity contribution is 5.00. The topological polar surface area (TPSA) is 32.5 Å². The Balaban J connectivity index is 1.97. The molecule has 0 radical (unpaired) electrons. The Morgan fingerprint density at radius 3 is 2.47 bits per heavy atom. The monoisotopic (exact) mass is 239 g/mol. The maximum absolute atomic E-state index is 6.44. The van der Waals surface area contributed by atoms with Crippen LogP contribution >= 0.6 is 0 Å². The predicted octanol–water partition coefficient (Wildman–Crippen LogP) is 1.53. The molecule has 3 atom stereocenters. The fourth-order valence-corrected chi connectivity index (χ4v) is 3.59. The van der Waals surface area contributed by atoms with Crippen LogP contribution < -0.4 is 5.73 Å². The first-order chi connectivity index (χ1) is 7.95. The summed E-state index contributed by atoms with van der Waals surface area (Å²) in [5, 5.41) is 0. The fraction of sp³-hybridized carbons (Fsp3) is 1.00. The van der Waals surface area contributed by atoms with Gasteiger partial charge in [-0.2, -0.15) is 0 Å². The zero-order valence-corrected chi connectivity index (χ0v) is 11.9. The first kappa shape index (κ1) is 13.3. The van der Waals surface area contributed by atoms with Crippen molar-refractivity contribution in [2.45, 2.75) is 58.7 Å². The number of hydrogen-bond donors (Lipinski definition) is 1. The summed E-state index contributed by atoms with van der Waals surface area (Å²) < 4.78 is 0. The summed E-state index contributed by atoms with van der Waals surface area (Å²) >= 11 is 0. The second-order valence-corrected chi connectivity index (χ2v) is 6.59. The fourth-order valence-electron chi connectivity index (χ4n) is 3.59. The minimum Gasteiger partial charge on any atom is -0.326 e. The molecule has 2 aliphatic rings. The van der Waals surface area contributed by atoms with Crippen molar-refractivity contribution in [1.29, 1.82) is 0 Å². The Hall–Kier alpha value is -0.120. The van der Waals surface area contributed by atoms with Crippen LogP contribution in [0.25, 0.3) is 0 Å². The Bertz CT molecular complexity index is 264. The first-order valence-corrected chi connectivity index (χ1v) is 7.19. The van der Waals surface area contributed by atoms with Gasteiger partial charge in [-0.15, -0.1) is 0 Å². The van der Waals surface area contributed by atoms with Crippen molar-refractivity contribution in [3.05, 3.63) is 0 Å². The summed E-state index contributed by atoms with van der Waals surface area (Å²) in [6.45, 7) is 14.0. The summed E-state index contributed by atoms with van der Waals surface area (Å²) in [6.07, 6.45) is 2.56. The molecule has 0 spiro atoms. The van der Waals surface area contributed by atoms with E-state index in [-0.39, 0.29) is 0 Å². The average Bonchev–Trinajstić information content (AvgIpc) is 2.54. The van der Waals surface area contributed by atoms with Gasteiger partial charge in [0.05, 0.1) is 0 Å². The quantitative estimate of drug-likeness (QED) is 0.793. The van der Waals surface area contributed by atoms with Gasteiger partial charge in [0.2, 0.25) is 0 Å². The van der Waals surface area contributed by atoms with E-state index in [2.05, 4.69) is 37.5 Å². The van der Waals surface area contributed by atoms with Gasteiger partial charge in [0.1, 0.15) is 0 Å². The second kappa shape index (κ2) is 4.87. The van der Waals surface area contributed by atoms with Gasteiger partial charge < -0.3 is 5.73 Å². The Morgan fingerprint density at radius 2 is 2.00 bits per heavy atom. The molecule has 0 aromatic carbocycles. The van der Waals surface area contributed by atoms with Gasteiger partial charge in [-0.3, -0.25) is 9.80 Å². The van der Waals surface area contributed by atoms with Crippen molar-refractivity contribution in [3.8, 4) is 0 Å². The van der Waals surface area contributed by atoms with Crippen LogP contribution in [0.4, 0.5) is 0 Å². The molecule has 3 heteroatoms. The molecular formula is C14H29N3. The zero-order chi connectivity index (χ0) is 12.6. The van der Waals surface area contributed by atoms with Gasteiger partial charge >= 0.3 is 0 Å². The number of nitrogens with zero attached hydrogens (tertiary/aromatic N) is 2. The summed E-state index contributed by atoms with van der Waals surface area (Å²) in [7, 11) is 0. The minimum absolute atomic E-state index is 0.329. The largest absolute Gasteiger partial charge is 0.326 e. The van der Waals surface area contributed by atoms with Crippen molar-refractivity contribution >= 4 is 0 Å². The SMILES string of the molecule is CCN1CCN(C2CCC(C)(C)C2N)CC1C. The molecule has 17 heavy (non-hydrogen) atoms. The van der Waals surface area contributed by atoms with Crippen LogP contribution in [0.3, 0.4) is 0 Å². The van der Waals surface area contributed by atoms with Crippen molar-refractivity contribution < 1.29 is 0 Å². The average molecular weight is 239 g/mol. The van der Waals surface area contributed by atoms with E-state index in [0.717, 1.165) is 0 Å². The molecule has 0 aromatic heterocycles. The highest BCUT2D eigenvalue weighted by atomic mass is 15.3. The summed E-state index contributed by atoms with van der Waals surface area (Å²) in [4.78, 5) is 5.22. The Kier molecular flexibility index (Phi) is 3.81. The van der Waals surface area contributed by atoms with Gasteiger partial charge in [-0.1, -0.05) is 20.8 Å². The smallest absolute Gasteiger partial charge is 0.0253 e. The molecule has 3 nitrogen and oxygen atoms in total. The molecule has 0 bridgehead atoms. The summed E-state index contributed by atoms with van der Waals surface area (Å²) in [5.74, 6) is 0. The molecular weight excluding hydrogens is 210 g/mol. The molecule has 1 saturated carbocycles. The van der Waals surface area contributed by atoms with E-state index in [1.807, 2.05) is 0 Å². The molecule has 100 valence electrons. The van der Waals surface area contributed by atoms with Crippen molar-refractivity contribution in [2.24, 2.45) is 11.1 Å². The Morgan fingerprint density at radius 1 is 1.29 bits per heavy atom. The molecule has 2 rings (SSSR count). The number of piperazine rings is 1. The van der Waals surface area contributed by atoms with Crippen molar-refractivity contribution in [2.75, 3.05) is 26.2 Å². The van der Waals surface area contributed by atoms with Crippen molar-refractivity contribution in [1.82, 2.24) is 9.80 Å². The van der Waals surface area contributed by atoms with E-state index in [4.69, 9.17) is 5.73 Å². The van der Waals surface area contributed by atoms with E-state index >= 15 is 0 Å². The summed E-state index contributed by atoms with van der Waals surface area (Å²) in [6, 6.07) is 1.65. The number of rotatable bonds is 2. The van der Waals surface area contributed by atoms with Crippen molar-refractivity contribution in [3.63, 3.8) is 0 Å². The van der Waals surface area contributed by atoms with E-state index in [1.54, 1.807) is 0 Å². The van der Waals surface area contributed by atoms with E-state index in [0.29, 0.717) is 23.5 Å². The van der Waals surface area contributed by atoms with Crippen LogP contribution in [0.2, 0.25) is 0 Å². The molecule has 2 fully saturated rings. The van der Waals surface area contributed by atoms with E-state index < -0.39 is 0 Å². The lowest BCUT2D eigenvalue weighted by Crippen LogP contribution is -2.58. The number of likely N-dealkylation sites (N-methyl/N-ethyl adjacent to an activating group) is 1. The third-order valence-corrected chi connectivity index (χ3v) is 5.07. The van der Waals surface area contributed by atoms with Crippen LogP contribution in [-0.2, 0) is 0 Å². The van der Waals surface area contributed by atoms with E-state index in [1.165, 1.54) is 39.0 Å². The molecule has 0 aromatic rings. The van der Waals surface area contributed by atoms with Gasteiger partial charge in [-0.25, -0.2) is 0 Å². The molecule has 1 saturated heterocycles. The highest BCUT2D eigenvalue weighted by Gasteiger charge is 2.43. The normalized spacial score (nSPS) is 39.7. The lowest BCUT2D eigenvalue weighted by Gasteiger charge is -2.44.